The molecular formula is C14H18N4O7S. The van der Waals surface area contributed by atoms with Crippen LogP contribution in [0.1, 0.15) is 16.5 Å². The highest BCUT2D eigenvalue weighted by atomic mass is 32.2. The summed E-state index contributed by atoms with van der Waals surface area (Å²) in [5.74, 6) is -1.90. The van der Waals surface area contributed by atoms with Crippen LogP contribution < -0.4 is 5.32 Å². The van der Waals surface area contributed by atoms with Gasteiger partial charge in [-0.3, -0.25) is 9.59 Å². The monoisotopic (exact) mass is 386 g/mol. The third-order valence-corrected chi connectivity index (χ3v) is 4.99. The Morgan fingerprint density at radius 1 is 1.35 bits per heavy atom. The first-order chi connectivity index (χ1) is 12.5. The smallest absolute Gasteiger partial charge is 0.360 e. The van der Waals surface area contributed by atoms with Gasteiger partial charge in [-0.05, 0) is 0 Å². The van der Waals surface area contributed by atoms with Gasteiger partial charge < -0.3 is 24.6 Å². The summed E-state index contributed by atoms with van der Waals surface area (Å²) in [4.78, 5) is 33.9. The van der Waals surface area contributed by atoms with Gasteiger partial charge in [0.1, 0.15) is 18.2 Å². The van der Waals surface area contributed by atoms with Crippen molar-refractivity contribution >= 4 is 29.6 Å². The fourth-order valence-corrected chi connectivity index (χ4v) is 3.49. The molecule has 3 rings (SSSR count). The molecule has 2 saturated heterocycles. The van der Waals surface area contributed by atoms with E-state index in [4.69, 9.17) is 14.6 Å². The van der Waals surface area contributed by atoms with Gasteiger partial charge in [0.25, 0.3) is 0 Å². The van der Waals surface area contributed by atoms with Gasteiger partial charge in [-0.25, -0.2) is 9.48 Å². The Morgan fingerprint density at radius 2 is 2.12 bits per heavy atom. The third-order valence-electron chi connectivity index (χ3n) is 4.08. The number of rotatable bonds is 7. The molecule has 11 nitrogen and oxygen atoms in total. The molecule has 142 valence electrons. The highest BCUT2D eigenvalue weighted by Crippen LogP contribution is 2.33. The van der Waals surface area contributed by atoms with Crippen LogP contribution in [0.4, 0.5) is 0 Å². The number of carboxylic acids is 1. The minimum Gasteiger partial charge on any atom is -0.481 e. The van der Waals surface area contributed by atoms with Crippen LogP contribution >= 0.6 is 11.8 Å². The summed E-state index contributed by atoms with van der Waals surface area (Å²) in [5.41, 5.74) is 0.0919. The second kappa shape index (κ2) is 8.01. The number of amides is 1. The predicted octanol–water partition coefficient (Wildman–Crippen LogP) is -1.29. The molecule has 3 heterocycles. The third kappa shape index (κ3) is 3.97. The van der Waals surface area contributed by atoms with Gasteiger partial charge >= 0.3 is 11.9 Å². The number of hydrogen-bond donors (Lipinski definition) is 2. The first-order valence-corrected chi connectivity index (χ1v) is 8.97. The van der Waals surface area contributed by atoms with Crippen LogP contribution in [0.25, 0.3) is 0 Å². The molecule has 0 spiro atoms. The lowest BCUT2D eigenvalue weighted by molar-refractivity contribution is -0.133. The van der Waals surface area contributed by atoms with Crippen molar-refractivity contribution < 1.29 is 33.7 Å². The maximum absolute atomic E-state index is 11.9. The molecule has 1 amide bonds. The summed E-state index contributed by atoms with van der Waals surface area (Å²) in [5, 5.41) is 19.1. The zero-order valence-electron chi connectivity index (χ0n) is 13.9. The van der Waals surface area contributed by atoms with Gasteiger partial charge in [0.05, 0.1) is 44.1 Å². The Labute approximate surface area is 152 Å². The van der Waals surface area contributed by atoms with Crippen molar-refractivity contribution in [1.29, 1.82) is 0 Å². The van der Waals surface area contributed by atoms with Crippen LogP contribution in [-0.2, 0) is 23.8 Å². The van der Waals surface area contributed by atoms with Gasteiger partial charge in [0, 0.05) is 0 Å². The zero-order chi connectivity index (χ0) is 18.7. The molecule has 1 aromatic rings. The predicted molar refractivity (Wildman–Crippen MR) is 86.8 cm³/mol. The van der Waals surface area contributed by atoms with Crippen LogP contribution in [0.2, 0.25) is 0 Å². The number of nitrogens with one attached hydrogen (secondary N) is 1. The molecule has 0 bridgehead atoms. The SMILES string of the molecule is COC(=O)c1cn([C@H]2CO[C@H]3[C@@H]2OC[C@@H]3NC(=O)CSCC(=O)O)nn1. The Kier molecular flexibility index (Phi) is 5.74. The minimum atomic E-state index is -0.965. The molecule has 2 aliphatic rings. The van der Waals surface area contributed by atoms with Crippen LogP contribution in [-0.4, -0.2) is 88.0 Å². The summed E-state index contributed by atoms with van der Waals surface area (Å²) >= 11 is 1.02. The van der Waals surface area contributed by atoms with Crippen molar-refractivity contribution in [2.75, 3.05) is 31.8 Å². The number of methoxy groups -OCH3 is 1. The van der Waals surface area contributed by atoms with Crippen molar-refractivity contribution in [3.63, 3.8) is 0 Å². The number of aliphatic carboxylic acids is 1. The maximum atomic E-state index is 11.9. The fourth-order valence-electron chi connectivity index (χ4n) is 2.95. The zero-order valence-corrected chi connectivity index (χ0v) is 14.7. The maximum Gasteiger partial charge on any atom is 0.360 e. The van der Waals surface area contributed by atoms with E-state index in [9.17, 15) is 14.4 Å². The molecule has 4 atom stereocenters. The lowest BCUT2D eigenvalue weighted by atomic mass is 10.1. The number of thioether (sulfide) groups is 1. The first-order valence-electron chi connectivity index (χ1n) is 7.82. The summed E-state index contributed by atoms with van der Waals surface area (Å²) < 4.78 is 17.6. The summed E-state index contributed by atoms with van der Waals surface area (Å²) in [6.07, 6.45) is 0.790. The number of carbonyl (C=O) groups is 3. The number of hydrogen-bond acceptors (Lipinski definition) is 9. The normalized spacial score (nSPS) is 27.1. The van der Waals surface area contributed by atoms with Crippen molar-refractivity contribution in [2.45, 2.75) is 24.3 Å². The van der Waals surface area contributed by atoms with E-state index in [1.54, 1.807) is 0 Å². The number of nitrogens with zero attached hydrogens (tertiary/aromatic N) is 3. The van der Waals surface area contributed by atoms with Gasteiger partial charge in [-0.1, -0.05) is 5.21 Å². The quantitative estimate of drug-likeness (QED) is 0.543. The van der Waals surface area contributed by atoms with Crippen molar-refractivity contribution in [3.05, 3.63) is 11.9 Å². The van der Waals surface area contributed by atoms with E-state index in [2.05, 4.69) is 20.4 Å². The number of fused-ring (bicyclic) bond motifs is 1. The number of carbonyl (C=O) groups excluding carboxylic acids is 2. The van der Waals surface area contributed by atoms with Gasteiger partial charge in [0.2, 0.25) is 5.91 Å². The van der Waals surface area contributed by atoms with E-state index < -0.39 is 11.9 Å². The van der Waals surface area contributed by atoms with Gasteiger partial charge in [-0.2, -0.15) is 0 Å². The van der Waals surface area contributed by atoms with Crippen LogP contribution in [0.5, 0.6) is 0 Å². The fraction of sp³-hybridized carbons (Fsp3) is 0.643. The Balaban J connectivity index is 1.55. The Bertz CT molecular complexity index is 697. The van der Waals surface area contributed by atoms with Crippen LogP contribution in [0.3, 0.4) is 0 Å². The van der Waals surface area contributed by atoms with Crippen molar-refractivity contribution in [2.24, 2.45) is 0 Å². The molecular weight excluding hydrogens is 368 g/mol. The second-order valence-corrected chi connectivity index (χ2v) is 6.78. The summed E-state index contributed by atoms with van der Waals surface area (Å²) in [6.45, 7) is 0.583. The molecule has 1 aromatic heterocycles. The summed E-state index contributed by atoms with van der Waals surface area (Å²) in [6, 6.07) is -0.597. The average molecular weight is 386 g/mol. The molecule has 0 saturated carbocycles. The Morgan fingerprint density at radius 3 is 2.85 bits per heavy atom. The number of esters is 1. The lowest BCUT2D eigenvalue weighted by Crippen LogP contribution is -2.44. The van der Waals surface area contributed by atoms with E-state index in [1.165, 1.54) is 18.0 Å². The molecule has 2 fully saturated rings. The van der Waals surface area contributed by atoms with Crippen LogP contribution in [0, 0.1) is 0 Å². The molecule has 0 aliphatic carbocycles. The van der Waals surface area contributed by atoms with Gasteiger partial charge in [-0.15, -0.1) is 16.9 Å². The molecule has 26 heavy (non-hydrogen) atoms. The molecule has 12 heteroatoms. The van der Waals surface area contributed by atoms with Crippen LogP contribution in [0.15, 0.2) is 6.20 Å². The van der Waals surface area contributed by atoms with E-state index in [0.717, 1.165) is 11.8 Å². The minimum absolute atomic E-state index is 0.0508. The molecule has 2 aliphatic heterocycles. The average Bonchev–Trinajstić information content (AvgIpc) is 3.30. The van der Waals surface area contributed by atoms with E-state index >= 15 is 0 Å². The van der Waals surface area contributed by atoms with Gasteiger partial charge in [0.15, 0.2) is 5.69 Å². The van der Waals surface area contributed by atoms with Crippen molar-refractivity contribution in [1.82, 2.24) is 20.3 Å². The molecule has 0 unspecified atom stereocenters. The van der Waals surface area contributed by atoms with E-state index in [-0.39, 0.29) is 54.0 Å². The second-order valence-electron chi connectivity index (χ2n) is 5.80. The highest BCUT2D eigenvalue weighted by molar-refractivity contribution is 8.00. The molecule has 0 aromatic carbocycles. The molecule has 2 N–H and O–H groups in total. The largest absolute Gasteiger partial charge is 0.481 e. The van der Waals surface area contributed by atoms with E-state index in [0.29, 0.717) is 6.61 Å². The van der Waals surface area contributed by atoms with Crippen molar-refractivity contribution in [3.8, 4) is 0 Å². The first kappa shape index (κ1) is 18.6. The molecule has 0 radical (unpaired) electrons. The topological polar surface area (TPSA) is 142 Å². The number of carboxylic acid groups (broad SMARTS) is 1. The Hall–Kier alpha value is -2.18. The standard InChI is InChI=1S/C14H18N4O7S/c1-23-14(22)7-2-18(17-16-7)9-4-25-12-8(3-24-13(9)12)15-10(19)5-26-6-11(20)21/h2,8-9,12-13H,3-6H2,1H3,(H,15,19)(H,20,21)/t8-,9-,12+,13+/m0/s1. The number of aromatic nitrogens is 3. The highest BCUT2D eigenvalue weighted by Gasteiger charge is 2.49. The summed E-state index contributed by atoms with van der Waals surface area (Å²) in [7, 11) is 1.26. The number of ether oxygens (including phenoxy) is 3. The van der Waals surface area contributed by atoms with E-state index in [1.807, 2.05) is 0 Å². The lowest BCUT2D eigenvalue weighted by Gasteiger charge is -2.17.